The lowest BCUT2D eigenvalue weighted by molar-refractivity contribution is -0.140. The molecule has 0 aliphatic carbocycles. The molecule has 0 aliphatic rings. The van der Waals surface area contributed by atoms with E-state index >= 15 is 0 Å². The monoisotopic (exact) mass is 705 g/mol. The Labute approximate surface area is 283 Å². The van der Waals surface area contributed by atoms with Gasteiger partial charge in [-0.15, -0.1) is 0 Å². The number of anilines is 1. The summed E-state index contributed by atoms with van der Waals surface area (Å²) in [5, 5.41) is 4.24. The molecular weight excluding hydrogens is 676 g/mol. The van der Waals surface area contributed by atoms with Crippen LogP contribution in [-0.4, -0.2) is 43.8 Å². The van der Waals surface area contributed by atoms with Gasteiger partial charge in [0.1, 0.15) is 12.6 Å². The van der Waals surface area contributed by atoms with Crippen molar-refractivity contribution in [2.24, 2.45) is 0 Å². The molecule has 4 aromatic carbocycles. The highest BCUT2D eigenvalue weighted by Crippen LogP contribution is 2.29. The maximum absolute atomic E-state index is 14.5. The topological polar surface area (TPSA) is 86.8 Å². The lowest BCUT2D eigenvalue weighted by atomic mass is 10.0. The Kier molecular flexibility index (Phi) is 11.8. The number of carbonyl (C=O) groups is 2. The van der Waals surface area contributed by atoms with Crippen LogP contribution in [0.2, 0.25) is 20.1 Å². The fraction of sp³-hybridized carbons (Fsp3) is 0.212. The Hall–Kier alpha value is -3.27. The summed E-state index contributed by atoms with van der Waals surface area (Å²) < 4.78 is 29.1. The number of nitrogens with zero attached hydrogens (tertiary/aromatic N) is 2. The Morgan fingerprint density at radius 1 is 0.778 bits per heavy atom. The van der Waals surface area contributed by atoms with Crippen molar-refractivity contribution >= 4 is 73.9 Å². The molecule has 0 saturated carbocycles. The van der Waals surface area contributed by atoms with E-state index in [9.17, 15) is 18.0 Å². The van der Waals surface area contributed by atoms with Crippen LogP contribution < -0.4 is 9.62 Å². The number of hydrogen-bond acceptors (Lipinski definition) is 4. The molecule has 0 spiro atoms. The molecule has 1 N–H and O–H groups in total. The predicted molar refractivity (Wildman–Crippen MR) is 182 cm³/mol. The van der Waals surface area contributed by atoms with Gasteiger partial charge in [0.15, 0.2) is 0 Å². The van der Waals surface area contributed by atoms with Gasteiger partial charge in [-0.25, -0.2) is 8.42 Å². The average Bonchev–Trinajstić information content (AvgIpc) is 2.98. The van der Waals surface area contributed by atoms with Crippen LogP contribution in [0.15, 0.2) is 102 Å². The standard InChI is InChI=1S/C33H31Cl4N3O4S/c1-22(2)38-33(42)31(17-23-7-4-3-5-8-23)39(20-24-11-12-27(36)19-30(24)37)32(41)21-40(28-10-6-9-26(35)18-28)45(43,44)29-15-13-25(34)14-16-29/h3-16,18-19,22,31H,17,20-21H2,1-2H3,(H,38,42)/t31-/m1/s1. The smallest absolute Gasteiger partial charge is 0.264 e. The Bertz CT molecular complexity index is 1750. The average molecular weight is 708 g/mol. The zero-order chi connectivity index (χ0) is 32.7. The third kappa shape index (κ3) is 9.15. The van der Waals surface area contributed by atoms with Crippen LogP contribution in [0, 0.1) is 0 Å². The summed E-state index contributed by atoms with van der Waals surface area (Å²) in [6, 6.07) is 24.7. The zero-order valence-corrected chi connectivity index (χ0v) is 28.3. The normalized spacial score (nSPS) is 12.1. The molecule has 4 aromatic rings. The number of nitrogens with one attached hydrogen (secondary N) is 1. The molecular formula is C33H31Cl4N3O4S. The zero-order valence-electron chi connectivity index (χ0n) is 24.5. The molecule has 0 unspecified atom stereocenters. The molecule has 45 heavy (non-hydrogen) atoms. The minimum atomic E-state index is -4.30. The van der Waals surface area contributed by atoms with Crippen molar-refractivity contribution in [3.8, 4) is 0 Å². The van der Waals surface area contributed by atoms with E-state index in [0.29, 0.717) is 20.6 Å². The van der Waals surface area contributed by atoms with Crippen LogP contribution in [0.25, 0.3) is 0 Å². The predicted octanol–water partition coefficient (Wildman–Crippen LogP) is 7.66. The Morgan fingerprint density at radius 3 is 2.04 bits per heavy atom. The van der Waals surface area contributed by atoms with Gasteiger partial charge in [-0.05, 0) is 79.6 Å². The van der Waals surface area contributed by atoms with Gasteiger partial charge in [0.2, 0.25) is 11.8 Å². The second-order valence-corrected chi connectivity index (χ2v) is 14.2. The molecule has 7 nitrogen and oxygen atoms in total. The number of rotatable bonds is 12. The maximum Gasteiger partial charge on any atom is 0.264 e. The first-order valence-electron chi connectivity index (χ1n) is 14.0. The van der Waals surface area contributed by atoms with E-state index in [4.69, 9.17) is 46.4 Å². The molecule has 4 rings (SSSR count). The second-order valence-electron chi connectivity index (χ2n) is 10.6. The fourth-order valence-corrected chi connectivity index (χ4v) is 6.85. The van der Waals surface area contributed by atoms with Crippen molar-refractivity contribution < 1.29 is 18.0 Å². The van der Waals surface area contributed by atoms with E-state index < -0.39 is 34.4 Å². The summed E-state index contributed by atoms with van der Waals surface area (Å²) >= 11 is 25.0. The SMILES string of the molecule is CC(C)NC(=O)[C@@H](Cc1ccccc1)N(Cc1ccc(Cl)cc1Cl)C(=O)CN(c1cccc(Cl)c1)S(=O)(=O)c1ccc(Cl)cc1. The van der Waals surface area contributed by atoms with Gasteiger partial charge in [-0.3, -0.25) is 13.9 Å². The van der Waals surface area contributed by atoms with E-state index in [2.05, 4.69) is 5.32 Å². The third-order valence-corrected chi connectivity index (χ3v) is 9.70. The Balaban J connectivity index is 1.83. The molecule has 0 aliphatic heterocycles. The van der Waals surface area contributed by atoms with Gasteiger partial charge in [-0.1, -0.05) is 88.9 Å². The summed E-state index contributed by atoms with van der Waals surface area (Å²) in [5.41, 5.74) is 1.50. The third-order valence-electron chi connectivity index (χ3n) is 6.83. The first-order chi connectivity index (χ1) is 21.3. The minimum Gasteiger partial charge on any atom is -0.352 e. The largest absolute Gasteiger partial charge is 0.352 e. The molecule has 236 valence electrons. The van der Waals surface area contributed by atoms with Crippen LogP contribution in [0.1, 0.15) is 25.0 Å². The van der Waals surface area contributed by atoms with E-state index in [0.717, 1.165) is 9.87 Å². The molecule has 1 atom stereocenters. The summed E-state index contributed by atoms with van der Waals surface area (Å²) in [6.07, 6.45) is 0.164. The van der Waals surface area contributed by atoms with Crippen molar-refractivity contribution in [1.82, 2.24) is 10.2 Å². The van der Waals surface area contributed by atoms with Gasteiger partial charge in [0, 0.05) is 39.1 Å². The Morgan fingerprint density at radius 2 is 1.42 bits per heavy atom. The highest BCUT2D eigenvalue weighted by Gasteiger charge is 2.35. The van der Waals surface area contributed by atoms with Crippen molar-refractivity contribution in [2.45, 2.75) is 43.8 Å². The summed E-state index contributed by atoms with van der Waals surface area (Å²) in [5.74, 6) is -1.04. The van der Waals surface area contributed by atoms with Gasteiger partial charge >= 0.3 is 0 Å². The maximum atomic E-state index is 14.5. The van der Waals surface area contributed by atoms with E-state index in [-0.39, 0.29) is 34.6 Å². The molecule has 12 heteroatoms. The number of hydrogen-bond donors (Lipinski definition) is 1. The van der Waals surface area contributed by atoms with Crippen molar-refractivity contribution in [3.63, 3.8) is 0 Å². The molecule has 0 saturated heterocycles. The molecule has 0 aromatic heterocycles. The lowest BCUT2D eigenvalue weighted by Crippen LogP contribution is -2.54. The van der Waals surface area contributed by atoms with Crippen LogP contribution >= 0.6 is 46.4 Å². The van der Waals surface area contributed by atoms with Crippen LogP contribution in [0.4, 0.5) is 5.69 Å². The number of halogens is 4. The molecule has 0 heterocycles. The number of benzene rings is 4. The minimum absolute atomic E-state index is 0.0784. The summed E-state index contributed by atoms with van der Waals surface area (Å²) in [4.78, 5) is 29.5. The number of carbonyl (C=O) groups excluding carboxylic acids is 2. The van der Waals surface area contributed by atoms with Gasteiger partial charge in [-0.2, -0.15) is 0 Å². The summed E-state index contributed by atoms with van der Waals surface area (Å²) in [7, 11) is -4.30. The van der Waals surface area contributed by atoms with E-state index in [1.807, 2.05) is 44.2 Å². The van der Waals surface area contributed by atoms with Gasteiger partial charge < -0.3 is 10.2 Å². The fourth-order valence-electron chi connectivity index (χ4n) is 4.66. The van der Waals surface area contributed by atoms with Crippen LogP contribution in [0.5, 0.6) is 0 Å². The number of sulfonamides is 1. The molecule has 2 amide bonds. The van der Waals surface area contributed by atoms with Crippen LogP contribution in [0.3, 0.4) is 0 Å². The van der Waals surface area contributed by atoms with Crippen molar-refractivity contribution in [2.75, 3.05) is 10.8 Å². The molecule has 0 radical (unpaired) electrons. The first kappa shape index (κ1) is 34.6. The molecule has 0 bridgehead atoms. The lowest BCUT2D eigenvalue weighted by Gasteiger charge is -2.34. The van der Waals surface area contributed by atoms with Crippen LogP contribution in [-0.2, 0) is 32.6 Å². The second kappa shape index (κ2) is 15.3. The van der Waals surface area contributed by atoms with E-state index in [1.165, 1.54) is 35.2 Å². The van der Waals surface area contributed by atoms with Crippen molar-refractivity contribution in [1.29, 1.82) is 0 Å². The highest BCUT2D eigenvalue weighted by molar-refractivity contribution is 7.92. The van der Waals surface area contributed by atoms with Gasteiger partial charge in [0.05, 0.1) is 10.6 Å². The number of amides is 2. The van der Waals surface area contributed by atoms with E-state index in [1.54, 1.807) is 36.4 Å². The summed E-state index contributed by atoms with van der Waals surface area (Å²) in [6.45, 7) is 2.90. The highest BCUT2D eigenvalue weighted by atomic mass is 35.5. The first-order valence-corrected chi connectivity index (χ1v) is 16.9. The molecule has 0 fully saturated rings. The quantitative estimate of drug-likeness (QED) is 0.164. The van der Waals surface area contributed by atoms with Crippen molar-refractivity contribution in [3.05, 3.63) is 128 Å². The van der Waals surface area contributed by atoms with Gasteiger partial charge in [0.25, 0.3) is 10.0 Å².